The van der Waals surface area contributed by atoms with Gasteiger partial charge in [-0.1, -0.05) is 12.1 Å². The summed E-state index contributed by atoms with van der Waals surface area (Å²) in [6.45, 7) is 0. The summed E-state index contributed by atoms with van der Waals surface area (Å²) in [6.07, 6.45) is 0. The van der Waals surface area contributed by atoms with Crippen molar-refractivity contribution < 1.29 is 9.47 Å². The molecule has 82 valence electrons. The number of halogens is 1. The van der Waals surface area contributed by atoms with Crippen LogP contribution in [0, 0.1) is 0 Å². The van der Waals surface area contributed by atoms with Gasteiger partial charge in [-0.25, -0.2) is 0 Å². The zero-order valence-corrected chi connectivity index (χ0v) is 10.4. The second kappa shape index (κ2) is 5.03. The van der Waals surface area contributed by atoms with Crippen molar-refractivity contribution in [3.8, 4) is 17.2 Å². The van der Waals surface area contributed by atoms with E-state index in [2.05, 4.69) is 15.9 Å². The van der Waals surface area contributed by atoms with Crippen LogP contribution in [-0.2, 0) is 0 Å². The fraction of sp³-hybridized carbons (Fsp3) is 0.0769. The van der Waals surface area contributed by atoms with Crippen molar-refractivity contribution in [1.82, 2.24) is 0 Å². The van der Waals surface area contributed by atoms with E-state index in [1.54, 1.807) is 7.11 Å². The lowest BCUT2D eigenvalue weighted by atomic mass is 10.3. The van der Waals surface area contributed by atoms with Crippen LogP contribution in [0.3, 0.4) is 0 Å². The molecule has 0 spiro atoms. The number of benzene rings is 2. The van der Waals surface area contributed by atoms with Gasteiger partial charge in [0.25, 0.3) is 0 Å². The normalized spacial score (nSPS) is 9.88. The molecule has 3 heteroatoms. The molecule has 0 bridgehead atoms. The topological polar surface area (TPSA) is 18.5 Å². The van der Waals surface area contributed by atoms with E-state index in [0.717, 1.165) is 21.7 Å². The molecule has 0 aliphatic heterocycles. The van der Waals surface area contributed by atoms with Gasteiger partial charge in [-0.15, -0.1) is 0 Å². The van der Waals surface area contributed by atoms with Crippen molar-refractivity contribution in [3.63, 3.8) is 0 Å². The Morgan fingerprint density at radius 1 is 0.875 bits per heavy atom. The minimum Gasteiger partial charge on any atom is -0.497 e. The Balaban J connectivity index is 2.18. The molecule has 0 aliphatic rings. The average molecular weight is 279 g/mol. The summed E-state index contributed by atoms with van der Waals surface area (Å²) in [5.41, 5.74) is 0. The Morgan fingerprint density at radius 3 is 2.12 bits per heavy atom. The molecule has 2 nitrogen and oxygen atoms in total. The minimum absolute atomic E-state index is 0.785. The second-order valence-electron chi connectivity index (χ2n) is 3.21. The van der Waals surface area contributed by atoms with E-state index in [4.69, 9.17) is 9.47 Å². The van der Waals surface area contributed by atoms with E-state index in [1.165, 1.54) is 0 Å². The second-order valence-corrected chi connectivity index (χ2v) is 4.06. The zero-order chi connectivity index (χ0) is 11.4. The van der Waals surface area contributed by atoms with Gasteiger partial charge in [-0.3, -0.25) is 0 Å². The van der Waals surface area contributed by atoms with Gasteiger partial charge < -0.3 is 9.47 Å². The molecular formula is C13H11BrO2. The van der Waals surface area contributed by atoms with Crippen molar-refractivity contribution in [1.29, 1.82) is 0 Å². The van der Waals surface area contributed by atoms with Gasteiger partial charge >= 0.3 is 0 Å². The molecule has 0 aromatic heterocycles. The summed E-state index contributed by atoms with van der Waals surface area (Å²) in [5.74, 6) is 2.40. The number of ether oxygens (including phenoxy) is 2. The van der Waals surface area contributed by atoms with Gasteiger partial charge in [0.15, 0.2) is 0 Å². The largest absolute Gasteiger partial charge is 0.497 e. The van der Waals surface area contributed by atoms with Gasteiger partial charge in [0.1, 0.15) is 17.2 Å². The molecule has 0 heterocycles. The summed E-state index contributed by atoms with van der Waals surface area (Å²) in [5, 5.41) is 0. The van der Waals surface area contributed by atoms with Crippen LogP contribution in [-0.4, -0.2) is 7.11 Å². The Bertz CT molecular complexity index is 466. The van der Waals surface area contributed by atoms with Crippen LogP contribution in [0.4, 0.5) is 0 Å². The lowest BCUT2D eigenvalue weighted by molar-refractivity contribution is 0.412. The zero-order valence-electron chi connectivity index (χ0n) is 8.81. The predicted octanol–water partition coefficient (Wildman–Crippen LogP) is 4.25. The molecule has 2 aromatic rings. The van der Waals surface area contributed by atoms with E-state index in [1.807, 2.05) is 48.5 Å². The van der Waals surface area contributed by atoms with E-state index < -0.39 is 0 Å². The first-order valence-electron chi connectivity index (χ1n) is 4.86. The number of hydrogen-bond donors (Lipinski definition) is 0. The van der Waals surface area contributed by atoms with Crippen LogP contribution >= 0.6 is 15.9 Å². The van der Waals surface area contributed by atoms with Gasteiger partial charge in [0.05, 0.1) is 11.6 Å². The average Bonchev–Trinajstić information content (AvgIpc) is 2.33. The first-order valence-corrected chi connectivity index (χ1v) is 5.65. The molecule has 0 radical (unpaired) electrons. The molecule has 2 aromatic carbocycles. The molecule has 2 rings (SSSR count). The van der Waals surface area contributed by atoms with Crippen LogP contribution in [0.2, 0.25) is 0 Å². The predicted molar refractivity (Wildman–Crippen MR) is 67.2 cm³/mol. The lowest BCUT2D eigenvalue weighted by Gasteiger charge is -2.07. The summed E-state index contributed by atoms with van der Waals surface area (Å²) in [6, 6.07) is 15.2. The number of rotatable bonds is 3. The molecule has 0 amide bonds. The first-order chi connectivity index (χ1) is 7.79. The summed E-state index contributed by atoms with van der Waals surface area (Å²) < 4.78 is 11.7. The third-order valence-corrected chi connectivity index (χ3v) is 2.78. The number of methoxy groups -OCH3 is 1. The van der Waals surface area contributed by atoms with E-state index in [-0.39, 0.29) is 0 Å². The standard InChI is InChI=1S/C13H11BrO2/c1-15-10-6-8-11(9-7-10)16-13-5-3-2-4-12(13)14/h2-9H,1H3. The van der Waals surface area contributed by atoms with Crippen LogP contribution in [0.15, 0.2) is 53.0 Å². The highest BCUT2D eigenvalue weighted by molar-refractivity contribution is 9.10. The van der Waals surface area contributed by atoms with Crippen LogP contribution in [0.1, 0.15) is 0 Å². The Hall–Kier alpha value is -1.48. The Morgan fingerprint density at radius 2 is 1.50 bits per heavy atom. The van der Waals surface area contributed by atoms with Crippen molar-refractivity contribution in [2.24, 2.45) is 0 Å². The van der Waals surface area contributed by atoms with E-state index in [9.17, 15) is 0 Å². The smallest absolute Gasteiger partial charge is 0.141 e. The highest BCUT2D eigenvalue weighted by Gasteiger charge is 2.01. The third kappa shape index (κ3) is 2.55. The molecule has 16 heavy (non-hydrogen) atoms. The maximum atomic E-state index is 5.71. The summed E-state index contributed by atoms with van der Waals surface area (Å²) >= 11 is 3.43. The molecular weight excluding hydrogens is 268 g/mol. The Kier molecular flexibility index (Phi) is 3.47. The molecule has 0 fully saturated rings. The first kappa shape index (κ1) is 11.0. The van der Waals surface area contributed by atoms with Gasteiger partial charge in [-0.2, -0.15) is 0 Å². The van der Waals surface area contributed by atoms with Gasteiger partial charge in [-0.05, 0) is 52.3 Å². The fourth-order valence-corrected chi connectivity index (χ4v) is 1.66. The van der Waals surface area contributed by atoms with Gasteiger partial charge in [0.2, 0.25) is 0 Å². The number of hydrogen-bond acceptors (Lipinski definition) is 2. The lowest BCUT2D eigenvalue weighted by Crippen LogP contribution is -1.86. The maximum absolute atomic E-state index is 5.71. The monoisotopic (exact) mass is 278 g/mol. The number of para-hydroxylation sites is 1. The van der Waals surface area contributed by atoms with Crippen molar-refractivity contribution in [2.45, 2.75) is 0 Å². The van der Waals surface area contributed by atoms with Crippen LogP contribution < -0.4 is 9.47 Å². The van der Waals surface area contributed by atoms with Crippen molar-refractivity contribution in [3.05, 3.63) is 53.0 Å². The van der Waals surface area contributed by atoms with Crippen LogP contribution in [0.5, 0.6) is 17.2 Å². The van der Waals surface area contributed by atoms with E-state index >= 15 is 0 Å². The fourth-order valence-electron chi connectivity index (χ4n) is 1.30. The quantitative estimate of drug-likeness (QED) is 0.836. The Labute approximate surface area is 103 Å². The highest BCUT2D eigenvalue weighted by Crippen LogP contribution is 2.29. The molecule has 0 saturated heterocycles. The minimum atomic E-state index is 0.785. The van der Waals surface area contributed by atoms with Crippen molar-refractivity contribution in [2.75, 3.05) is 7.11 Å². The third-order valence-electron chi connectivity index (χ3n) is 2.12. The van der Waals surface area contributed by atoms with Gasteiger partial charge in [0, 0.05) is 0 Å². The molecule has 0 aliphatic carbocycles. The van der Waals surface area contributed by atoms with E-state index in [0.29, 0.717) is 0 Å². The molecule has 0 unspecified atom stereocenters. The maximum Gasteiger partial charge on any atom is 0.141 e. The molecule has 0 atom stereocenters. The summed E-state index contributed by atoms with van der Waals surface area (Å²) in [7, 11) is 1.64. The molecule has 0 saturated carbocycles. The highest BCUT2D eigenvalue weighted by atomic mass is 79.9. The van der Waals surface area contributed by atoms with Crippen molar-refractivity contribution >= 4 is 15.9 Å². The molecule has 0 N–H and O–H groups in total. The SMILES string of the molecule is COc1ccc(Oc2ccccc2Br)cc1. The summed E-state index contributed by atoms with van der Waals surface area (Å²) in [4.78, 5) is 0. The van der Waals surface area contributed by atoms with Crippen LogP contribution in [0.25, 0.3) is 0 Å².